The smallest absolute Gasteiger partial charge is 0.223 e. The SMILES string of the molecule is CN(CCC#N)C(=O)CCS(=O)(=O)c1c(Cl)cccc1Cl. The lowest BCUT2D eigenvalue weighted by atomic mass is 10.3. The molecular weight excluding hydrogens is 335 g/mol. The molecule has 0 bridgehead atoms. The van der Waals surface area contributed by atoms with Gasteiger partial charge in [-0.25, -0.2) is 8.42 Å². The van der Waals surface area contributed by atoms with Gasteiger partial charge in [0.1, 0.15) is 4.90 Å². The summed E-state index contributed by atoms with van der Waals surface area (Å²) in [6.45, 7) is 0.266. The second-order valence-corrected chi connectivity index (χ2v) is 7.20. The summed E-state index contributed by atoms with van der Waals surface area (Å²) in [7, 11) is -2.22. The third-order valence-corrected chi connectivity index (χ3v) is 5.46. The Hall–Kier alpha value is -1.29. The molecule has 114 valence electrons. The van der Waals surface area contributed by atoms with Crippen molar-refractivity contribution in [2.45, 2.75) is 17.7 Å². The van der Waals surface area contributed by atoms with Crippen LogP contribution >= 0.6 is 23.2 Å². The fourth-order valence-electron chi connectivity index (χ4n) is 1.64. The lowest BCUT2D eigenvalue weighted by Gasteiger charge is -2.15. The Labute approximate surface area is 134 Å². The summed E-state index contributed by atoms with van der Waals surface area (Å²) >= 11 is 11.7. The molecule has 0 aliphatic rings. The van der Waals surface area contributed by atoms with E-state index in [4.69, 9.17) is 28.5 Å². The van der Waals surface area contributed by atoms with Gasteiger partial charge in [-0.1, -0.05) is 29.3 Å². The molecule has 1 aromatic carbocycles. The topological polar surface area (TPSA) is 78.2 Å². The minimum atomic E-state index is -3.75. The van der Waals surface area contributed by atoms with Crippen molar-refractivity contribution in [2.75, 3.05) is 19.3 Å². The van der Waals surface area contributed by atoms with E-state index in [2.05, 4.69) is 0 Å². The van der Waals surface area contributed by atoms with Gasteiger partial charge in [-0.05, 0) is 12.1 Å². The molecule has 5 nitrogen and oxygen atoms in total. The summed E-state index contributed by atoms with van der Waals surface area (Å²) in [5.41, 5.74) is 0. The lowest BCUT2D eigenvalue weighted by Crippen LogP contribution is -2.29. The number of benzene rings is 1. The van der Waals surface area contributed by atoms with Gasteiger partial charge in [0, 0.05) is 20.0 Å². The summed E-state index contributed by atoms with van der Waals surface area (Å²) in [5.74, 6) is -0.733. The highest BCUT2D eigenvalue weighted by Crippen LogP contribution is 2.30. The van der Waals surface area contributed by atoms with Crippen LogP contribution < -0.4 is 0 Å². The number of hydrogen-bond donors (Lipinski definition) is 0. The van der Waals surface area contributed by atoms with Crippen LogP contribution in [0.2, 0.25) is 10.0 Å². The average Bonchev–Trinajstić information content (AvgIpc) is 2.41. The van der Waals surface area contributed by atoms with Crippen LogP contribution in [0.4, 0.5) is 0 Å². The molecule has 0 N–H and O–H groups in total. The van der Waals surface area contributed by atoms with Crippen molar-refractivity contribution in [1.29, 1.82) is 5.26 Å². The van der Waals surface area contributed by atoms with Crippen LogP contribution in [-0.4, -0.2) is 38.6 Å². The van der Waals surface area contributed by atoms with Gasteiger partial charge in [0.15, 0.2) is 9.84 Å². The van der Waals surface area contributed by atoms with Crippen LogP contribution in [0, 0.1) is 11.3 Å². The quantitative estimate of drug-likeness (QED) is 0.791. The first-order chi connectivity index (χ1) is 9.79. The number of amides is 1. The van der Waals surface area contributed by atoms with Gasteiger partial charge in [-0.2, -0.15) is 5.26 Å². The molecule has 8 heteroatoms. The molecule has 0 radical (unpaired) electrons. The standard InChI is InChI=1S/C13H14Cl2N2O3S/c1-17(8-3-7-16)12(18)6-9-21(19,20)13-10(14)4-2-5-11(13)15/h2,4-5H,3,6,8-9H2,1H3. The Balaban J connectivity index is 2.79. The predicted octanol–water partition coefficient (Wildman–Crippen LogP) is 2.53. The van der Waals surface area contributed by atoms with Crippen LogP contribution in [0.15, 0.2) is 23.1 Å². The van der Waals surface area contributed by atoms with Crippen LogP contribution in [0.3, 0.4) is 0 Å². The Morgan fingerprint density at radius 3 is 2.43 bits per heavy atom. The van der Waals surface area contributed by atoms with E-state index in [9.17, 15) is 13.2 Å². The van der Waals surface area contributed by atoms with Gasteiger partial charge in [0.05, 0.1) is 28.3 Å². The first kappa shape index (κ1) is 17.8. The van der Waals surface area contributed by atoms with Gasteiger partial charge in [-0.15, -0.1) is 0 Å². The summed E-state index contributed by atoms with van der Waals surface area (Å²) in [6, 6.07) is 6.33. The highest BCUT2D eigenvalue weighted by molar-refractivity contribution is 7.91. The van der Waals surface area contributed by atoms with E-state index in [1.54, 1.807) is 6.07 Å². The fourth-order valence-corrected chi connectivity index (χ4v) is 4.12. The molecule has 0 heterocycles. The summed E-state index contributed by atoms with van der Waals surface area (Å²) in [4.78, 5) is 13.0. The summed E-state index contributed by atoms with van der Waals surface area (Å²) in [6.07, 6.45) is 0.0111. The molecule has 0 saturated heterocycles. The minimum Gasteiger partial charge on any atom is -0.345 e. The molecule has 21 heavy (non-hydrogen) atoms. The van der Waals surface area contributed by atoms with E-state index >= 15 is 0 Å². The Morgan fingerprint density at radius 1 is 1.33 bits per heavy atom. The molecule has 1 amide bonds. The van der Waals surface area contributed by atoms with E-state index in [1.165, 1.54) is 24.1 Å². The average molecular weight is 349 g/mol. The Kier molecular flexibility index (Phi) is 6.46. The third kappa shape index (κ3) is 4.88. The second kappa shape index (κ2) is 7.64. The number of nitrogens with zero attached hydrogens (tertiary/aromatic N) is 2. The Bertz CT molecular complexity index is 648. The maximum Gasteiger partial charge on any atom is 0.223 e. The van der Waals surface area contributed by atoms with Crippen molar-refractivity contribution in [3.8, 4) is 6.07 Å². The molecule has 1 rings (SSSR count). The predicted molar refractivity (Wildman–Crippen MR) is 81.0 cm³/mol. The second-order valence-electron chi connectivity index (χ2n) is 4.34. The highest BCUT2D eigenvalue weighted by Gasteiger charge is 2.23. The monoisotopic (exact) mass is 348 g/mol. The van der Waals surface area contributed by atoms with Crippen molar-refractivity contribution in [3.63, 3.8) is 0 Å². The molecule has 0 fully saturated rings. The maximum absolute atomic E-state index is 12.2. The van der Waals surface area contributed by atoms with E-state index in [-0.39, 0.29) is 46.0 Å². The molecule has 1 aromatic rings. The fraction of sp³-hybridized carbons (Fsp3) is 0.385. The number of carbonyl (C=O) groups is 1. The van der Waals surface area contributed by atoms with Crippen molar-refractivity contribution in [2.24, 2.45) is 0 Å². The molecule has 0 atom stereocenters. The molecular formula is C13H14Cl2N2O3S. The van der Waals surface area contributed by atoms with Crippen molar-refractivity contribution < 1.29 is 13.2 Å². The Morgan fingerprint density at radius 2 is 1.90 bits per heavy atom. The number of carbonyl (C=O) groups excluding carboxylic acids is 1. The largest absolute Gasteiger partial charge is 0.345 e. The van der Waals surface area contributed by atoms with E-state index in [0.717, 1.165) is 0 Å². The van der Waals surface area contributed by atoms with Crippen molar-refractivity contribution in [3.05, 3.63) is 28.2 Å². The van der Waals surface area contributed by atoms with E-state index < -0.39 is 9.84 Å². The molecule has 0 aromatic heterocycles. The van der Waals surface area contributed by atoms with E-state index in [1.807, 2.05) is 6.07 Å². The van der Waals surface area contributed by atoms with Crippen molar-refractivity contribution >= 4 is 38.9 Å². The van der Waals surface area contributed by atoms with Crippen LogP contribution in [-0.2, 0) is 14.6 Å². The van der Waals surface area contributed by atoms with Gasteiger partial charge in [0.2, 0.25) is 5.91 Å². The van der Waals surface area contributed by atoms with Crippen LogP contribution in [0.5, 0.6) is 0 Å². The van der Waals surface area contributed by atoms with Crippen molar-refractivity contribution in [1.82, 2.24) is 4.90 Å². The first-order valence-corrected chi connectivity index (χ1v) is 8.48. The van der Waals surface area contributed by atoms with Crippen LogP contribution in [0.1, 0.15) is 12.8 Å². The number of sulfone groups is 1. The zero-order valence-electron chi connectivity index (χ0n) is 11.3. The number of rotatable bonds is 6. The van der Waals surface area contributed by atoms with Gasteiger partial charge in [-0.3, -0.25) is 4.79 Å². The third-order valence-electron chi connectivity index (χ3n) is 2.80. The molecule has 0 unspecified atom stereocenters. The summed E-state index contributed by atoms with van der Waals surface area (Å²) in [5, 5.41) is 8.52. The minimum absolute atomic E-state index is 0.0350. The molecule has 0 spiro atoms. The van der Waals surface area contributed by atoms with Gasteiger partial charge >= 0.3 is 0 Å². The lowest BCUT2D eigenvalue weighted by molar-refractivity contribution is -0.129. The van der Waals surface area contributed by atoms with Gasteiger partial charge in [0.25, 0.3) is 0 Å². The number of hydrogen-bond acceptors (Lipinski definition) is 4. The highest BCUT2D eigenvalue weighted by atomic mass is 35.5. The zero-order chi connectivity index (χ0) is 16.0. The zero-order valence-corrected chi connectivity index (χ0v) is 13.7. The first-order valence-electron chi connectivity index (χ1n) is 6.07. The van der Waals surface area contributed by atoms with Gasteiger partial charge < -0.3 is 4.90 Å². The maximum atomic E-state index is 12.2. The van der Waals surface area contributed by atoms with Crippen LogP contribution in [0.25, 0.3) is 0 Å². The molecule has 0 aliphatic carbocycles. The van der Waals surface area contributed by atoms with E-state index in [0.29, 0.717) is 0 Å². The normalized spacial score (nSPS) is 11.0. The molecule has 0 aliphatic heterocycles. The number of nitriles is 1. The summed E-state index contributed by atoms with van der Waals surface area (Å²) < 4.78 is 24.4. The number of halogens is 2. The molecule has 0 saturated carbocycles.